The number of hydrogen-bond acceptors (Lipinski definition) is 7. The number of nitrogens with two attached hydrogens (primary N) is 2. The largest absolute Gasteiger partial charge is 0.424 e. The third kappa shape index (κ3) is 2.77. The molecule has 0 unspecified atom stereocenters. The summed E-state index contributed by atoms with van der Waals surface area (Å²) >= 11 is 0. The van der Waals surface area contributed by atoms with Crippen molar-refractivity contribution >= 4 is 34.0 Å². The highest BCUT2D eigenvalue weighted by atomic mass is 16.4. The van der Waals surface area contributed by atoms with Crippen molar-refractivity contribution in [3.63, 3.8) is 0 Å². The van der Waals surface area contributed by atoms with Gasteiger partial charge >= 0.3 is 0 Å². The van der Waals surface area contributed by atoms with Crippen molar-refractivity contribution in [3.05, 3.63) is 24.5 Å². The molecule has 27 heavy (non-hydrogen) atoms. The lowest BCUT2D eigenvalue weighted by Gasteiger charge is -2.21. The van der Waals surface area contributed by atoms with Crippen molar-refractivity contribution in [3.8, 4) is 11.3 Å². The molecule has 0 spiro atoms. The van der Waals surface area contributed by atoms with Crippen LogP contribution in [0.5, 0.6) is 0 Å². The molecule has 1 fully saturated rings. The number of nitrogens with zero attached hydrogens (tertiary/aromatic N) is 5. The molecule has 4 N–H and O–H groups in total. The monoisotopic (exact) mass is 363 g/mol. The Morgan fingerprint density at radius 2 is 1.96 bits per heavy atom. The molecule has 0 bridgehead atoms. The average molecular weight is 363 g/mol. The van der Waals surface area contributed by atoms with Crippen LogP contribution in [0.15, 0.2) is 28.9 Å². The fourth-order valence-corrected chi connectivity index (χ4v) is 4.07. The highest BCUT2D eigenvalue weighted by Crippen LogP contribution is 2.33. The lowest BCUT2D eigenvalue weighted by atomic mass is 9.89. The SMILES string of the molecule is Nc1nc2cc(-c3nn(CC4CCCCC4)c4ncnc(N)c34)ccc2o1. The number of fused-ring (bicyclic) bond motifs is 2. The molecular formula is C19H21N7O. The highest BCUT2D eigenvalue weighted by Gasteiger charge is 2.21. The van der Waals surface area contributed by atoms with E-state index in [-0.39, 0.29) is 6.01 Å². The van der Waals surface area contributed by atoms with Crippen LogP contribution < -0.4 is 11.5 Å². The van der Waals surface area contributed by atoms with Crippen LogP contribution >= 0.6 is 0 Å². The molecule has 1 saturated carbocycles. The second kappa shape index (κ2) is 6.22. The average Bonchev–Trinajstić information content (AvgIpc) is 3.22. The highest BCUT2D eigenvalue weighted by molar-refractivity contribution is 5.99. The van der Waals surface area contributed by atoms with Crippen molar-refractivity contribution in [2.45, 2.75) is 38.6 Å². The van der Waals surface area contributed by atoms with E-state index < -0.39 is 0 Å². The topological polar surface area (TPSA) is 122 Å². The maximum absolute atomic E-state index is 6.20. The smallest absolute Gasteiger partial charge is 0.292 e. The van der Waals surface area contributed by atoms with Crippen LogP contribution in [-0.4, -0.2) is 24.7 Å². The van der Waals surface area contributed by atoms with Crippen molar-refractivity contribution in [1.29, 1.82) is 0 Å². The molecule has 1 aliphatic rings. The Morgan fingerprint density at radius 1 is 1.11 bits per heavy atom. The minimum atomic E-state index is 0.151. The van der Waals surface area contributed by atoms with E-state index in [9.17, 15) is 0 Å². The van der Waals surface area contributed by atoms with Crippen molar-refractivity contribution < 1.29 is 4.42 Å². The first-order valence-electron chi connectivity index (χ1n) is 9.32. The molecule has 8 nitrogen and oxygen atoms in total. The molecule has 0 amide bonds. The second-order valence-corrected chi connectivity index (χ2v) is 7.23. The molecule has 0 radical (unpaired) electrons. The Bertz CT molecular complexity index is 1120. The number of benzene rings is 1. The van der Waals surface area contributed by atoms with Crippen LogP contribution in [0.25, 0.3) is 33.4 Å². The van der Waals surface area contributed by atoms with E-state index in [0.29, 0.717) is 22.8 Å². The van der Waals surface area contributed by atoms with Crippen LogP contribution in [0.4, 0.5) is 11.8 Å². The van der Waals surface area contributed by atoms with Gasteiger partial charge in [0.05, 0.1) is 5.39 Å². The second-order valence-electron chi connectivity index (χ2n) is 7.23. The summed E-state index contributed by atoms with van der Waals surface area (Å²) in [6.45, 7) is 0.853. The van der Waals surface area contributed by atoms with Gasteiger partial charge in [0.25, 0.3) is 6.01 Å². The summed E-state index contributed by atoms with van der Waals surface area (Å²) in [5.74, 6) is 1.06. The van der Waals surface area contributed by atoms with Crippen molar-refractivity contribution in [2.24, 2.45) is 5.92 Å². The fraction of sp³-hybridized carbons (Fsp3) is 0.368. The van der Waals surface area contributed by atoms with Crippen LogP contribution in [0.3, 0.4) is 0 Å². The minimum Gasteiger partial charge on any atom is -0.424 e. The molecule has 8 heteroatoms. The fourth-order valence-electron chi connectivity index (χ4n) is 4.07. The van der Waals surface area contributed by atoms with E-state index in [1.807, 2.05) is 22.9 Å². The quantitative estimate of drug-likeness (QED) is 0.572. The Kier molecular flexibility index (Phi) is 3.70. The molecule has 138 valence electrons. The summed E-state index contributed by atoms with van der Waals surface area (Å²) < 4.78 is 7.35. The summed E-state index contributed by atoms with van der Waals surface area (Å²) in [4.78, 5) is 12.9. The Hall–Kier alpha value is -3.16. The van der Waals surface area contributed by atoms with Gasteiger partial charge in [-0.15, -0.1) is 0 Å². The van der Waals surface area contributed by atoms with E-state index in [4.69, 9.17) is 21.0 Å². The molecule has 0 atom stereocenters. The van der Waals surface area contributed by atoms with Gasteiger partial charge in [0.15, 0.2) is 11.2 Å². The molecule has 1 aliphatic carbocycles. The third-order valence-corrected chi connectivity index (χ3v) is 5.39. The maximum Gasteiger partial charge on any atom is 0.292 e. The molecule has 0 aliphatic heterocycles. The van der Waals surface area contributed by atoms with Gasteiger partial charge in [-0.05, 0) is 37.0 Å². The van der Waals surface area contributed by atoms with Crippen LogP contribution in [0.1, 0.15) is 32.1 Å². The maximum atomic E-state index is 6.20. The van der Waals surface area contributed by atoms with Gasteiger partial charge in [0.1, 0.15) is 23.4 Å². The molecule has 5 rings (SSSR count). The number of hydrogen-bond donors (Lipinski definition) is 2. The summed E-state index contributed by atoms with van der Waals surface area (Å²) in [6, 6.07) is 5.85. The van der Waals surface area contributed by atoms with Crippen molar-refractivity contribution in [1.82, 2.24) is 24.7 Å². The van der Waals surface area contributed by atoms with E-state index in [1.165, 1.54) is 38.4 Å². The zero-order chi connectivity index (χ0) is 18.4. The van der Waals surface area contributed by atoms with Gasteiger partial charge in [-0.3, -0.25) is 0 Å². The molecule has 3 heterocycles. The van der Waals surface area contributed by atoms with Crippen LogP contribution in [-0.2, 0) is 6.54 Å². The predicted molar refractivity (Wildman–Crippen MR) is 104 cm³/mol. The summed E-state index contributed by atoms with van der Waals surface area (Å²) in [5.41, 5.74) is 15.6. The number of nitrogen functional groups attached to an aromatic ring is 2. The zero-order valence-corrected chi connectivity index (χ0v) is 14.9. The normalized spacial score (nSPS) is 15.7. The molecule has 0 saturated heterocycles. The third-order valence-electron chi connectivity index (χ3n) is 5.39. The Labute approximate surface area is 155 Å². The first-order valence-corrected chi connectivity index (χ1v) is 9.32. The van der Waals surface area contributed by atoms with E-state index in [0.717, 1.165) is 28.8 Å². The van der Waals surface area contributed by atoms with Crippen LogP contribution in [0, 0.1) is 5.92 Å². The van der Waals surface area contributed by atoms with Gasteiger partial charge in [-0.2, -0.15) is 10.1 Å². The summed E-state index contributed by atoms with van der Waals surface area (Å²) in [6.07, 6.45) is 7.89. The van der Waals surface area contributed by atoms with Gasteiger partial charge in [0.2, 0.25) is 0 Å². The number of aromatic nitrogens is 5. The number of anilines is 2. The van der Waals surface area contributed by atoms with Gasteiger partial charge < -0.3 is 15.9 Å². The first kappa shape index (κ1) is 16.0. The molecule has 3 aromatic heterocycles. The molecular weight excluding hydrogens is 342 g/mol. The molecule has 1 aromatic carbocycles. The summed E-state index contributed by atoms with van der Waals surface area (Å²) in [5, 5.41) is 5.65. The zero-order valence-electron chi connectivity index (χ0n) is 14.9. The van der Waals surface area contributed by atoms with Gasteiger partial charge in [-0.1, -0.05) is 19.3 Å². The Balaban J connectivity index is 1.64. The van der Waals surface area contributed by atoms with Gasteiger partial charge in [0, 0.05) is 12.1 Å². The van der Waals surface area contributed by atoms with E-state index in [2.05, 4.69) is 15.0 Å². The molecule has 4 aromatic rings. The lowest BCUT2D eigenvalue weighted by Crippen LogP contribution is -2.15. The van der Waals surface area contributed by atoms with Crippen molar-refractivity contribution in [2.75, 3.05) is 11.5 Å². The summed E-state index contributed by atoms with van der Waals surface area (Å²) in [7, 11) is 0. The van der Waals surface area contributed by atoms with Crippen LogP contribution in [0.2, 0.25) is 0 Å². The standard InChI is InChI=1S/C19H21N7O/c20-17-15-16(12-6-7-14-13(8-12)24-19(21)27-14)25-26(18(15)23-10-22-17)9-11-4-2-1-3-5-11/h6-8,10-11H,1-5,9H2,(H2,21,24)(H2,20,22,23). The van der Waals surface area contributed by atoms with Gasteiger partial charge in [-0.25, -0.2) is 14.6 Å². The Morgan fingerprint density at radius 3 is 2.81 bits per heavy atom. The first-order chi connectivity index (χ1) is 13.2. The number of rotatable bonds is 3. The number of oxazole rings is 1. The lowest BCUT2D eigenvalue weighted by molar-refractivity contribution is 0.311. The van der Waals surface area contributed by atoms with E-state index >= 15 is 0 Å². The minimum absolute atomic E-state index is 0.151. The predicted octanol–water partition coefficient (Wildman–Crippen LogP) is 3.38. The van der Waals surface area contributed by atoms with E-state index in [1.54, 1.807) is 0 Å².